The summed E-state index contributed by atoms with van der Waals surface area (Å²) >= 11 is 0. The maximum atomic E-state index is 11.3. The molecule has 2 N–H and O–H groups in total. The number of carbonyl (C=O) groups excluding carboxylic acids is 1. The van der Waals surface area contributed by atoms with Crippen LogP contribution in [0.3, 0.4) is 0 Å². The van der Waals surface area contributed by atoms with E-state index in [4.69, 9.17) is 15.2 Å². The zero-order chi connectivity index (χ0) is 10.4. The Morgan fingerprint density at radius 3 is 3.07 bits per heavy atom. The third kappa shape index (κ3) is 3.64. The molecular weight excluding hydrogens is 182 g/mol. The lowest BCUT2D eigenvalue weighted by Crippen LogP contribution is -2.33. The first-order valence-corrected chi connectivity index (χ1v) is 5.28. The molecule has 4 heteroatoms. The van der Waals surface area contributed by atoms with Gasteiger partial charge >= 0.3 is 5.97 Å². The molecule has 82 valence electrons. The summed E-state index contributed by atoms with van der Waals surface area (Å²) in [6, 6.07) is -0.471. The topological polar surface area (TPSA) is 61.6 Å². The SMILES string of the molecule is CCC[C@@H](N)C(=O)OCC1CCCO1. The maximum absolute atomic E-state index is 11.3. The van der Waals surface area contributed by atoms with E-state index in [0.29, 0.717) is 13.0 Å². The fraction of sp³-hybridized carbons (Fsp3) is 0.900. The van der Waals surface area contributed by atoms with Gasteiger partial charge in [0.05, 0.1) is 6.10 Å². The largest absolute Gasteiger partial charge is 0.462 e. The fourth-order valence-corrected chi connectivity index (χ4v) is 1.49. The molecule has 4 nitrogen and oxygen atoms in total. The van der Waals surface area contributed by atoms with Gasteiger partial charge in [-0.2, -0.15) is 0 Å². The number of carbonyl (C=O) groups is 1. The molecule has 1 rings (SSSR count). The molecule has 1 fully saturated rings. The van der Waals surface area contributed by atoms with Crippen LogP contribution in [0.15, 0.2) is 0 Å². The van der Waals surface area contributed by atoms with Crippen molar-refractivity contribution in [1.29, 1.82) is 0 Å². The predicted octanol–water partition coefficient (Wildman–Crippen LogP) is 0.836. The van der Waals surface area contributed by atoms with Crippen LogP contribution in [-0.4, -0.2) is 31.3 Å². The highest BCUT2D eigenvalue weighted by atomic mass is 16.6. The molecule has 0 amide bonds. The van der Waals surface area contributed by atoms with Gasteiger partial charge in [0.25, 0.3) is 0 Å². The normalized spacial score (nSPS) is 23.4. The highest BCUT2D eigenvalue weighted by Crippen LogP contribution is 2.12. The molecule has 1 saturated heterocycles. The third-order valence-corrected chi connectivity index (χ3v) is 2.34. The molecule has 1 aliphatic heterocycles. The van der Waals surface area contributed by atoms with Crippen molar-refractivity contribution in [3.8, 4) is 0 Å². The quantitative estimate of drug-likeness (QED) is 0.669. The van der Waals surface area contributed by atoms with E-state index in [-0.39, 0.29) is 12.1 Å². The molecule has 0 aromatic heterocycles. The Bertz CT molecular complexity index is 178. The third-order valence-electron chi connectivity index (χ3n) is 2.34. The van der Waals surface area contributed by atoms with Gasteiger partial charge in [-0.25, -0.2) is 0 Å². The molecule has 2 atom stereocenters. The molecule has 0 aliphatic carbocycles. The zero-order valence-electron chi connectivity index (χ0n) is 8.70. The number of esters is 1. The summed E-state index contributed by atoms with van der Waals surface area (Å²) in [5, 5.41) is 0. The first-order valence-electron chi connectivity index (χ1n) is 5.28. The molecule has 0 radical (unpaired) electrons. The second-order valence-corrected chi connectivity index (χ2v) is 3.66. The molecule has 0 bridgehead atoms. The first-order chi connectivity index (χ1) is 6.74. The van der Waals surface area contributed by atoms with Gasteiger partial charge in [-0.1, -0.05) is 13.3 Å². The maximum Gasteiger partial charge on any atom is 0.322 e. The van der Waals surface area contributed by atoms with Gasteiger partial charge in [0.15, 0.2) is 0 Å². The van der Waals surface area contributed by atoms with Gasteiger partial charge < -0.3 is 15.2 Å². The minimum absolute atomic E-state index is 0.0905. The Balaban J connectivity index is 2.13. The van der Waals surface area contributed by atoms with Crippen LogP contribution in [0.1, 0.15) is 32.6 Å². The Morgan fingerprint density at radius 1 is 1.71 bits per heavy atom. The van der Waals surface area contributed by atoms with Crippen LogP contribution in [0.5, 0.6) is 0 Å². The average Bonchev–Trinajstić information content (AvgIpc) is 2.67. The van der Waals surface area contributed by atoms with Crippen LogP contribution < -0.4 is 5.73 Å². The zero-order valence-corrected chi connectivity index (χ0v) is 8.70. The highest BCUT2D eigenvalue weighted by Gasteiger charge is 2.19. The molecule has 1 aliphatic rings. The second kappa shape index (κ2) is 5.98. The first kappa shape index (κ1) is 11.5. The van der Waals surface area contributed by atoms with Gasteiger partial charge in [-0.15, -0.1) is 0 Å². The number of hydrogen-bond donors (Lipinski definition) is 1. The average molecular weight is 201 g/mol. The van der Waals surface area contributed by atoms with Crippen molar-refractivity contribution >= 4 is 5.97 Å². The molecule has 0 aromatic rings. The van der Waals surface area contributed by atoms with Crippen molar-refractivity contribution in [2.24, 2.45) is 5.73 Å². The van der Waals surface area contributed by atoms with E-state index in [9.17, 15) is 4.79 Å². The van der Waals surface area contributed by atoms with Crippen LogP contribution in [0.25, 0.3) is 0 Å². The Hall–Kier alpha value is -0.610. The lowest BCUT2D eigenvalue weighted by molar-refractivity contribution is -0.148. The van der Waals surface area contributed by atoms with E-state index < -0.39 is 6.04 Å². The van der Waals surface area contributed by atoms with Gasteiger partial charge in [-0.3, -0.25) is 4.79 Å². The van der Waals surface area contributed by atoms with Crippen molar-refractivity contribution in [1.82, 2.24) is 0 Å². The van der Waals surface area contributed by atoms with E-state index in [0.717, 1.165) is 25.9 Å². The van der Waals surface area contributed by atoms with E-state index in [1.807, 2.05) is 6.92 Å². The molecule has 0 aromatic carbocycles. The van der Waals surface area contributed by atoms with Gasteiger partial charge in [0.1, 0.15) is 12.6 Å². The standard InChI is InChI=1S/C10H19NO3/c1-2-4-9(11)10(12)14-7-8-5-3-6-13-8/h8-9H,2-7,11H2,1H3/t8?,9-/m1/s1. The smallest absolute Gasteiger partial charge is 0.322 e. The number of nitrogens with two attached hydrogens (primary N) is 1. The summed E-state index contributed by atoms with van der Waals surface area (Å²) in [6.07, 6.45) is 3.72. The van der Waals surface area contributed by atoms with E-state index in [1.54, 1.807) is 0 Å². The molecule has 1 heterocycles. The second-order valence-electron chi connectivity index (χ2n) is 3.66. The molecular formula is C10H19NO3. The summed E-state index contributed by atoms with van der Waals surface area (Å²) < 4.78 is 10.4. The Labute approximate surface area is 84.7 Å². The van der Waals surface area contributed by atoms with E-state index in [2.05, 4.69) is 0 Å². The monoisotopic (exact) mass is 201 g/mol. The van der Waals surface area contributed by atoms with Crippen LogP contribution in [0, 0.1) is 0 Å². The summed E-state index contributed by atoms with van der Waals surface area (Å²) in [7, 11) is 0. The molecule has 14 heavy (non-hydrogen) atoms. The van der Waals surface area contributed by atoms with Gasteiger partial charge in [0, 0.05) is 6.61 Å². The van der Waals surface area contributed by atoms with Crippen LogP contribution in [-0.2, 0) is 14.3 Å². The predicted molar refractivity (Wildman–Crippen MR) is 52.8 cm³/mol. The summed E-state index contributed by atoms with van der Waals surface area (Å²) in [5.74, 6) is -0.303. The summed E-state index contributed by atoms with van der Waals surface area (Å²) in [6.45, 7) is 3.13. The Kier molecular flexibility index (Phi) is 4.90. The summed E-state index contributed by atoms with van der Waals surface area (Å²) in [4.78, 5) is 11.3. The number of rotatable bonds is 5. The van der Waals surface area contributed by atoms with E-state index >= 15 is 0 Å². The van der Waals surface area contributed by atoms with Crippen LogP contribution >= 0.6 is 0 Å². The molecule has 0 spiro atoms. The summed E-state index contributed by atoms with van der Waals surface area (Å²) in [5.41, 5.74) is 5.60. The van der Waals surface area contributed by atoms with Crippen LogP contribution in [0.2, 0.25) is 0 Å². The Morgan fingerprint density at radius 2 is 2.50 bits per heavy atom. The highest BCUT2D eigenvalue weighted by molar-refractivity contribution is 5.75. The van der Waals surface area contributed by atoms with E-state index in [1.165, 1.54) is 0 Å². The van der Waals surface area contributed by atoms with Crippen molar-refractivity contribution in [3.05, 3.63) is 0 Å². The van der Waals surface area contributed by atoms with Crippen molar-refractivity contribution < 1.29 is 14.3 Å². The lowest BCUT2D eigenvalue weighted by Gasteiger charge is -2.13. The molecule has 1 unspecified atom stereocenters. The van der Waals surface area contributed by atoms with Crippen molar-refractivity contribution in [3.63, 3.8) is 0 Å². The molecule has 0 saturated carbocycles. The van der Waals surface area contributed by atoms with Crippen LogP contribution in [0.4, 0.5) is 0 Å². The fourth-order valence-electron chi connectivity index (χ4n) is 1.49. The minimum Gasteiger partial charge on any atom is -0.462 e. The lowest BCUT2D eigenvalue weighted by atomic mass is 10.2. The number of hydrogen-bond acceptors (Lipinski definition) is 4. The van der Waals surface area contributed by atoms with Gasteiger partial charge in [-0.05, 0) is 19.3 Å². The van der Waals surface area contributed by atoms with Crippen molar-refractivity contribution in [2.45, 2.75) is 44.8 Å². The van der Waals surface area contributed by atoms with Crippen molar-refractivity contribution in [2.75, 3.05) is 13.2 Å². The van der Waals surface area contributed by atoms with Gasteiger partial charge in [0.2, 0.25) is 0 Å². The number of ether oxygens (including phenoxy) is 2. The minimum atomic E-state index is -0.471.